The molecule has 1 aromatic rings. The molecule has 0 spiro atoms. The van der Waals surface area contributed by atoms with Gasteiger partial charge in [-0.2, -0.15) is 0 Å². The van der Waals surface area contributed by atoms with Crippen LogP contribution in [0.15, 0.2) is 12.3 Å². The highest BCUT2D eigenvalue weighted by Gasteiger charge is 2.21. The Bertz CT molecular complexity index is 510. The van der Waals surface area contributed by atoms with E-state index in [1.54, 1.807) is 6.92 Å². The van der Waals surface area contributed by atoms with E-state index in [-0.39, 0.29) is 18.0 Å². The first kappa shape index (κ1) is 13.6. The van der Waals surface area contributed by atoms with E-state index in [4.69, 9.17) is 9.84 Å². The highest BCUT2D eigenvalue weighted by atomic mass is 16.6. The molecule has 0 atom stereocenters. The molecule has 0 fully saturated rings. The minimum Gasteiger partial charge on any atom is -0.481 e. The van der Waals surface area contributed by atoms with Crippen LogP contribution in [0.5, 0.6) is 5.88 Å². The molecule has 1 rings (SSSR count). The minimum atomic E-state index is -0.972. The van der Waals surface area contributed by atoms with Crippen molar-refractivity contribution in [3.05, 3.63) is 33.5 Å². The average Bonchev–Trinajstić information content (AvgIpc) is 2.29. The predicted molar refractivity (Wildman–Crippen MR) is 63.5 cm³/mol. The Morgan fingerprint density at radius 3 is 2.83 bits per heavy atom. The number of pyridine rings is 1. The monoisotopic (exact) mass is 252 g/mol. The molecule has 0 unspecified atom stereocenters. The predicted octanol–water partition coefficient (Wildman–Crippen LogP) is 1.79. The van der Waals surface area contributed by atoms with Crippen molar-refractivity contribution < 1.29 is 19.6 Å². The summed E-state index contributed by atoms with van der Waals surface area (Å²) in [5.74, 6) is -1.03. The third-order valence-corrected chi connectivity index (χ3v) is 2.28. The lowest BCUT2D eigenvalue weighted by molar-refractivity contribution is -0.386. The second kappa shape index (κ2) is 5.76. The summed E-state index contributed by atoms with van der Waals surface area (Å²) in [5, 5.41) is 19.4. The van der Waals surface area contributed by atoms with Gasteiger partial charge in [-0.15, -0.1) is 0 Å². The van der Waals surface area contributed by atoms with Crippen LogP contribution in [0.3, 0.4) is 0 Å². The van der Waals surface area contributed by atoms with Gasteiger partial charge in [0.05, 0.1) is 18.5 Å². The van der Waals surface area contributed by atoms with Crippen LogP contribution in [0.2, 0.25) is 0 Å². The van der Waals surface area contributed by atoms with Crippen molar-refractivity contribution in [2.24, 2.45) is 0 Å². The fourth-order valence-electron chi connectivity index (χ4n) is 1.40. The molecular weight excluding hydrogens is 240 g/mol. The topological polar surface area (TPSA) is 103 Å². The van der Waals surface area contributed by atoms with Crippen LogP contribution >= 0.6 is 0 Å². The summed E-state index contributed by atoms with van der Waals surface area (Å²) in [4.78, 5) is 24.5. The third-order valence-electron chi connectivity index (χ3n) is 2.28. The van der Waals surface area contributed by atoms with Gasteiger partial charge >= 0.3 is 11.7 Å². The first-order valence-corrected chi connectivity index (χ1v) is 5.03. The Hall–Kier alpha value is -2.44. The number of hydrogen-bond acceptors (Lipinski definition) is 5. The van der Waals surface area contributed by atoms with Crippen LogP contribution in [-0.4, -0.2) is 28.1 Å². The zero-order valence-corrected chi connectivity index (χ0v) is 9.91. The maximum absolute atomic E-state index is 10.9. The fraction of sp³-hybridized carbons (Fsp3) is 0.273. The summed E-state index contributed by atoms with van der Waals surface area (Å²) in [6, 6.07) is 0. The van der Waals surface area contributed by atoms with Crippen molar-refractivity contribution in [3.8, 4) is 5.88 Å². The number of nitro groups is 1. The lowest BCUT2D eigenvalue weighted by Gasteiger charge is -2.05. The summed E-state index contributed by atoms with van der Waals surface area (Å²) in [5.41, 5.74) is 0.659. The molecular formula is C11H12N2O5. The maximum Gasteiger partial charge on any atom is 0.334 e. The molecule has 0 amide bonds. The molecule has 1 heterocycles. The van der Waals surface area contributed by atoms with Gasteiger partial charge in [-0.25, -0.2) is 4.98 Å². The smallest absolute Gasteiger partial charge is 0.334 e. The van der Waals surface area contributed by atoms with Crippen LogP contribution < -0.4 is 4.74 Å². The van der Waals surface area contributed by atoms with Gasteiger partial charge in [0.2, 0.25) is 0 Å². The number of ether oxygens (including phenoxy) is 1. The number of hydrogen-bond donors (Lipinski definition) is 1. The molecule has 7 nitrogen and oxygen atoms in total. The zero-order chi connectivity index (χ0) is 13.7. The molecule has 0 radical (unpaired) electrons. The van der Waals surface area contributed by atoms with Crippen molar-refractivity contribution in [1.29, 1.82) is 0 Å². The van der Waals surface area contributed by atoms with E-state index in [1.165, 1.54) is 25.5 Å². The molecule has 0 aliphatic rings. The molecule has 0 bridgehead atoms. The molecule has 0 aliphatic heterocycles. The first-order valence-electron chi connectivity index (χ1n) is 5.03. The van der Waals surface area contributed by atoms with Crippen molar-refractivity contribution >= 4 is 17.7 Å². The Morgan fingerprint density at radius 2 is 2.33 bits per heavy atom. The quantitative estimate of drug-likeness (QED) is 0.633. The van der Waals surface area contributed by atoms with E-state index in [2.05, 4.69) is 4.98 Å². The summed E-state index contributed by atoms with van der Waals surface area (Å²) >= 11 is 0. The number of rotatable bonds is 5. The van der Waals surface area contributed by atoms with Gasteiger partial charge in [0.25, 0.3) is 5.88 Å². The second-order valence-corrected chi connectivity index (χ2v) is 3.45. The Labute approximate surface area is 103 Å². The number of aliphatic carboxylic acids is 1. The van der Waals surface area contributed by atoms with Gasteiger partial charge in [-0.3, -0.25) is 14.9 Å². The number of methoxy groups -OCH3 is 1. The zero-order valence-electron chi connectivity index (χ0n) is 9.91. The van der Waals surface area contributed by atoms with Gasteiger partial charge in [-0.05, 0) is 6.92 Å². The Morgan fingerprint density at radius 1 is 1.67 bits per heavy atom. The standard InChI is InChI=1S/C11H12N2O5/c1-7-8(4-3-5-9(14)15)6-12-11(18-2)10(7)13(16)17/h3-4,6H,5H2,1-2H3,(H,14,15). The van der Waals surface area contributed by atoms with E-state index >= 15 is 0 Å². The molecule has 1 aromatic heterocycles. The van der Waals surface area contributed by atoms with Crippen LogP contribution in [0.4, 0.5) is 5.69 Å². The number of carbonyl (C=O) groups is 1. The lowest BCUT2D eigenvalue weighted by Crippen LogP contribution is -2.00. The van der Waals surface area contributed by atoms with E-state index in [0.29, 0.717) is 11.1 Å². The maximum atomic E-state index is 10.9. The van der Waals surface area contributed by atoms with Crippen molar-refractivity contribution in [3.63, 3.8) is 0 Å². The summed E-state index contributed by atoms with van der Waals surface area (Å²) in [6.07, 6.45) is 4.14. The Kier molecular flexibility index (Phi) is 4.36. The van der Waals surface area contributed by atoms with Crippen molar-refractivity contribution in [2.75, 3.05) is 7.11 Å². The van der Waals surface area contributed by atoms with Gasteiger partial charge < -0.3 is 9.84 Å². The number of carboxylic acid groups (broad SMARTS) is 1. The van der Waals surface area contributed by atoms with Gasteiger partial charge in [0.15, 0.2) is 0 Å². The van der Waals surface area contributed by atoms with E-state index in [1.807, 2.05) is 0 Å². The Balaban J connectivity index is 3.16. The van der Waals surface area contributed by atoms with E-state index in [9.17, 15) is 14.9 Å². The fourth-order valence-corrected chi connectivity index (χ4v) is 1.40. The van der Waals surface area contributed by atoms with Crippen molar-refractivity contribution in [2.45, 2.75) is 13.3 Å². The normalized spacial score (nSPS) is 10.6. The number of nitrogens with zero attached hydrogens (tertiary/aromatic N) is 2. The van der Waals surface area contributed by atoms with Crippen LogP contribution in [0.1, 0.15) is 17.5 Å². The van der Waals surface area contributed by atoms with Crippen LogP contribution in [0.25, 0.3) is 6.08 Å². The van der Waals surface area contributed by atoms with Crippen molar-refractivity contribution in [1.82, 2.24) is 4.98 Å². The highest BCUT2D eigenvalue weighted by Crippen LogP contribution is 2.30. The van der Waals surface area contributed by atoms with Crippen LogP contribution in [0, 0.1) is 17.0 Å². The first-order chi connectivity index (χ1) is 8.47. The molecule has 0 saturated carbocycles. The average molecular weight is 252 g/mol. The van der Waals surface area contributed by atoms with E-state index in [0.717, 1.165) is 0 Å². The molecule has 7 heteroatoms. The number of carboxylic acids is 1. The van der Waals surface area contributed by atoms with Gasteiger partial charge in [-0.1, -0.05) is 12.2 Å². The largest absolute Gasteiger partial charge is 0.481 e. The number of aromatic nitrogens is 1. The molecule has 0 aliphatic carbocycles. The van der Waals surface area contributed by atoms with Gasteiger partial charge in [0, 0.05) is 17.3 Å². The molecule has 1 N–H and O–H groups in total. The molecule has 0 saturated heterocycles. The summed E-state index contributed by atoms with van der Waals surface area (Å²) in [6.45, 7) is 1.56. The molecule has 18 heavy (non-hydrogen) atoms. The summed E-state index contributed by atoms with van der Waals surface area (Å²) < 4.78 is 4.81. The minimum absolute atomic E-state index is 0.0621. The highest BCUT2D eigenvalue weighted by molar-refractivity contribution is 5.71. The third kappa shape index (κ3) is 3.03. The van der Waals surface area contributed by atoms with Crippen LogP contribution in [-0.2, 0) is 4.79 Å². The molecule has 96 valence electrons. The molecule has 0 aromatic carbocycles. The van der Waals surface area contributed by atoms with Gasteiger partial charge in [0.1, 0.15) is 0 Å². The van der Waals surface area contributed by atoms with E-state index < -0.39 is 10.9 Å². The lowest BCUT2D eigenvalue weighted by atomic mass is 10.1. The second-order valence-electron chi connectivity index (χ2n) is 3.45. The summed E-state index contributed by atoms with van der Waals surface area (Å²) in [7, 11) is 1.30. The SMILES string of the molecule is COc1ncc(C=CCC(=O)O)c(C)c1[N+](=O)[O-].